The second-order valence-corrected chi connectivity index (χ2v) is 6.79. The molecule has 29 heavy (non-hydrogen) atoms. The molecule has 0 aliphatic heterocycles. The second-order valence-electron chi connectivity index (χ2n) is 6.79. The summed E-state index contributed by atoms with van der Waals surface area (Å²) < 4.78 is 15.6. The highest BCUT2D eigenvalue weighted by atomic mass is 16.5. The number of rotatable bonds is 8. The molecule has 2 aromatic rings. The van der Waals surface area contributed by atoms with Gasteiger partial charge in [-0.25, -0.2) is 4.79 Å². The average Bonchev–Trinajstić information content (AvgIpc) is 2.72. The number of carbonyl (C=O) groups is 2. The highest BCUT2D eigenvalue weighted by Crippen LogP contribution is 2.25. The predicted octanol–water partition coefficient (Wildman–Crippen LogP) is 4.41. The molecule has 0 unspecified atom stereocenters. The third-order valence-corrected chi connectivity index (χ3v) is 4.35. The quantitative estimate of drug-likeness (QED) is 0.528. The lowest BCUT2D eigenvalue weighted by atomic mass is 10.0. The number of amides is 1. The van der Waals surface area contributed by atoms with E-state index in [1.807, 2.05) is 24.3 Å². The van der Waals surface area contributed by atoms with E-state index in [0.29, 0.717) is 28.7 Å². The molecule has 154 valence electrons. The molecule has 1 atom stereocenters. The molecule has 0 saturated carbocycles. The van der Waals surface area contributed by atoms with Gasteiger partial charge in [0, 0.05) is 23.4 Å². The molecule has 0 aliphatic carbocycles. The molecule has 0 radical (unpaired) electrons. The monoisotopic (exact) mass is 397 g/mol. The Kier molecular flexibility index (Phi) is 7.83. The van der Waals surface area contributed by atoms with Gasteiger partial charge in [-0.1, -0.05) is 26.0 Å². The van der Waals surface area contributed by atoms with E-state index in [2.05, 4.69) is 19.2 Å². The number of hydrogen-bond acceptors (Lipinski definition) is 5. The summed E-state index contributed by atoms with van der Waals surface area (Å²) in [5.74, 6) is 0.597. The van der Waals surface area contributed by atoms with Crippen LogP contribution in [0.2, 0.25) is 0 Å². The minimum Gasteiger partial charge on any atom is -0.497 e. The molecule has 0 saturated heterocycles. The maximum atomic E-state index is 12.3. The zero-order chi connectivity index (χ0) is 21.4. The van der Waals surface area contributed by atoms with Crippen molar-refractivity contribution in [1.82, 2.24) is 0 Å². The molecule has 2 aromatic carbocycles. The predicted molar refractivity (Wildman–Crippen MR) is 113 cm³/mol. The summed E-state index contributed by atoms with van der Waals surface area (Å²) in [6.07, 6.45) is 1.89. The van der Waals surface area contributed by atoms with E-state index in [9.17, 15) is 9.59 Å². The molecular formula is C23H27NO5. The summed E-state index contributed by atoms with van der Waals surface area (Å²) in [6.45, 7) is 5.73. The lowest BCUT2D eigenvalue weighted by Crippen LogP contribution is -2.29. The van der Waals surface area contributed by atoms with Crippen LogP contribution in [0.3, 0.4) is 0 Å². The van der Waals surface area contributed by atoms with Crippen LogP contribution in [0.5, 0.6) is 11.5 Å². The summed E-state index contributed by atoms with van der Waals surface area (Å²) in [6, 6.07) is 12.8. The van der Waals surface area contributed by atoms with Gasteiger partial charge in [-0.15, -0.1) is 0 Å². The van der Waals surface area contributed by atoms with E-state index < -0.39 is 18.0 Å². The van der Waals surface area contributed by atoms with Gasteiger partial charge in [-0.3, -0.25) is 4.79 Å². The van der Waals surface area contributed by atoms with E-state index in [-0.39, 0.29) is 0 Å². The number of ether oxygens (including phenoxy) is 3. The van der Waals surface area contributed by atoms with E-state index >= 15 is 0 Å². The first-order chi connectivity index (χ1) is 13.8. The zero-order valence-corrected chi connectivity index (χ0v) is 17.4. The first kappa shape index (κ1) is 22.0. The number of methoxy groups -OCH3 is 2. The van der Waals surface area contributed by atoms with Crippen LogP contribution >= 0.6 is 0 Å². The van der Waals surface area contributed by atoms with Gasteiger partial charge in [-0.2, -0.15) is 0 Å². The molecule has 0 aliphatic rings. The minimum atomic E-state index is -0.935. The topological polar surface area (TPSA) is 73.9 Å². The highest BCUT2D eigenvalue weighted by Gasteiger charge is 2.17. The minimum absolute atomic E-state index is 0.397. The SMILES string of the molecule is COc1ccc(/C=C/C(=O)O[C@H](C)C(=O)Nc2ccc(C(C)C)cc2)c(OC)c1. The smallest absolute Gasteiger partial charge is 0.331 e. The summed E-state index contributed by atoms with van der Waals surface area (Å²) in [5.41, 5.74) is 2.52. The van der Waals surface area contributed by atoms with Crippen molar-refractivity contribution in [2.45, 2.75) is 32.8 Å². The number of nitrogens with one attached hydrogen (secondary N) is 1. The molecule has 1 N–H and O–H groups in total. The largest absolute Gasteiger partial charge is 0.497 e. The Hall–Kier alpha value is -3.28. The summed E-state index contributed by atoms with van der Waals surface area (Å²) in [5, 5.41) is 2.74. The van der Waals surface area contributed by atoms with Crippen LogP contribution in [0.1, 0.15) is 37.8 Å². The lowest BCUT2D eigenvalue weighted by Gasteiger charge is -2.13. The molecule has 0 fully saturated rings. The fourth-order valence-electron chi connectivity index (χ4n) is 2.58. The van der Waals surface area contributed by atoms with Crippen molar-refractivity contribution in [3.63, 3.8) is 0 Å². The van der Waals surface area contributed by atoms with Crippen LogP contribution in [0.15, 0.2) is 48.5 Å². The Balaban J connectivity index is 1.94. The molecule has 0 bridgehead atoms. The van der Waals surface area contributed by atoms with Gasteiger partial charge < -0.3 is 19.5 Å². The van der Waals surface area contributed by atoms with Gasteiger partial charge in [0.2, 0.25) is 0 Å². The molecular weight excluding hydrogens is 370 g/mol. The molecule has 2 rings (SSSR count). The van der Waals surface area contributed by atoms with Gasteiger partial charge in [-0.05, 0) is 48.7 Å². The van der Waals surface area contributed by atoms with E-state index in [1.54, 1.807) is 31.4 Å². The van der Waals surface area contributed by atoms with E-state index in [0.717, 1.165) is 0 Å². The van der Waals surface area contributed by atoms with Crippen LogP contribution in [-0.2, 0) is 14.3 Å². The summed E-state index contributed by atoms with van der Waals surface area (Å²) in [7, 11) is 3.09. The van der Waals surface area contributed by atoms with Crippen LogP contribution in [-0.4, -0.2) is 32.2 Å². The number of esters is 1. The normalized spacial score (nSPS) is 11.9. The Morgan fingerprint density at radius 3 is 2.24 bits per heavy atom. The number of hydrogen-bond donors (Lipinski definition) is 1. The zero-order valence-electron chi connectivity index (χ0n) is 17.4. The van der Waals surface area contributed by atoms with Gasteiger partial charge in [0.25, 0.3) is 5.91 Å². The molecule has 0 spiro atoms. The van der Waals surface area contributed by atoms with Crippen molar-refractivity contribution in [1.29, 1.82) is 0 Å². The second kappa shape index (κ2) is 10.3. The fraction of sp³-hybridized carbons (Fsp3) is 0.304. The third-order valence-electron chi connectivity index (χ3n) is 4.35. The fourth-order valence-corrected chi connectivity index (χ4v) is 2.58. The van der Waals surface area contributed by atoms with Crippen molar-refractivity contribution in [2.24, 2.45) is 0 Å². The van der Waals surface area contributed by atoms with Crippen LogP contribution in [0.4, 0.5) is 5.69 Å². The standard InChI is InChI=1S/C23H27NO5/c1-15(2)17-6-10-19(11-7-17)24-23(26)16(3)29-22(25)13-9-18-8-12-20(27-4)14-21(18)28-5/h6-16H,1-5H3,(H,24,26)/b13-9+/t16-/m1/s1. The van der Waals surface area contributed by atoms with Crippen molar-refractivity contribution >= 4 is 23.6 Å². The van der Waals surface area contributed by atoms with Crippen molar-refractivity contribution in [2.75, 3.05) is 19.5 Å². The number of anilines is 1. The van der Waals surface area contributed by atoms with E-state index in [4.69, 9.17) is 14.2 Å². The lowest BCUT2D eigenvalue weighted by molar-refractivity contribution is -0.148. The molecule has 6 nitrogen and oxygen atoms in total. The molecule has 0 aromatic heterocycles. The molecule has 1 amide bonds. The summed E-state index contributed by atoms with van der Waals surface area (Å²) in [4.78, 5) is 24.3. The van der Waals surface area contributed by atoms with Crippen molar-refractivity contribution < 1.29 is 23.8 Å². The van der Waals surface area contributed by atoms with Gasteiger partial charge in [0.1, 0.15) is 11.5 Å². The maximum Gasteiger partial charge on any atom is 0.331 e. The van der Waals surface area contributed by atoms with Crippen LogP contribution in [0, 0.1) is 0 Å². The highest BCUT2D eigenvalue weighted by molar-refractivity contribution is 5.96. The molecule has 0 heterocycles. The van der Waals surface area contributed by atoms with Crippen molar-refractivity contribution in [3.8, 4) is 11.5 Å². The van der Waals surface area contributed by atoms with Crippen LogP contribution < -0.4 is 14.8 Å². The van der Waals surface area contributed by atoms with Gasteiger partial charge in [0.15, 0.2) is 6.10 Å². The molecule has 6 heteroatoms. The average molecular weight is 397 g/mol. The van der Waals surface area contributed by atoms with Crippen LogP contribution in [0.25, 0.3) is 6.08 Å². The number of benzene rings is 2. The maximum absolute atomic E-state index is 12.3. The Morgan fingerprint density at radius 2 is 1.66 bits per heavy atom. The first-order valence-corrected chi connectivity index (χ1v) is 9.35. The van der Waals surface area contributed by atoms with Gasteiger partial charge >= 0.3 is 5.97 Å². The van der Waals surface area contributed by atoms with Gasteiger partial charge in [0.05, 0.1) is 14.2 Å². The van der Waals surface area contributed by atoms with Crippen molar-refractivity contribution in [3.05, 3.63) is 59.7 Å². The first-order valence-electron chi connectivity index (χ1n) is 9.35. The summed E-state index contributed by atoms with van der Waals surface area (Å²) >= 11 is 0. The Morgan fingerprint density at radius 1 is 0.966 bits per heavy atom. The van der Waals surface area contributed by atoms with E-state index in [1.165, 1.54) is 25.7 Å². The Bertz CT molecular complexity index is 871. The number of carbonyl (C=O) groups excluding carboxylic acids is 2. The third kappa shape index (κ3) is 6.38. The Labute approximate surface area is 171 Å².